The fourth-order valence-corrected chi connectivity index (χ4v) is 2.49. The van der Waals surface area contributed by atoms with E-state index in [2.05, 4.69) is 29.6 Å². The quantitative estimate of drug-likeness (QED) is 0.855. The topological polar surface area (TPSA) is 68.2 Å². The van der Waals surface area contributed by atoms with Crippen LogP contribution in [0.2, 0.25) is 0 Å². The number of nitrogens with zero attached hydrogens (tertiary/aromatic N) is 2. The van der Waals surface area contributed by atoms with Gasteiger partial charge >= 0.3 is 0 Å². The van der Waals surface area contributed by atoms with Crippen molar-refractivity contribution in [1.29, 1.82) is 0 Å². The molecular formula is C14H24N4O2. The van der Waals surface area contributed by atoms with Crippen LogP contribution in [0.15, 0.2) is 12.4 Å². The number of carbonyl (C=O) groups is 1. The van der Waals surface area contributed by atoms with E-state index in [1.165, 1.54) is 0 Å². The second kappa shape index (κ2) is 6.26. The lowest BCUT2D eigenvalue weighted by Gasteiger charge is -2.38. The van der Waals surface area contributed by atoms with Gasteiger partial charge in [-0.15, -0.1) is 0 Å². The lowest BCUT2D eigenvalue weighted by atomic mass is 9.90. The number of ether oxygens (including phenoxy) is 1. The fourth-order valence-electron chi connectivity index (χ4n) is 2.49. The molecule has 2 rings (SSSR count). The van der Waals surface area contributed by atoms with Gasteiger partial charge in [-0.25, -0.2) is 0 Å². The molecule has 0 saturated carbocycles. The van der Waals surface area contributed by atoms with Gasteiger partial charge in [0.25, 0.3) is 0 Å². The van der Waals surface area contributed by atoms with Gasteiger partial charge in [0.05, 0.1) is 17.5 Å². The molecule has 6 nitrogen and oxygen atoms in total. The Bertz CT molecular complexity index is 460. The molecule has 1 aromatic rings. The van der Waals surface area contributed by atoms with Crippen LogP contribution in [-0.2, 0) is 16.1 Å². The van der Waals surface area contributed by atoms with Crippen molar-refractivity contribution in [2.45, 2.75) is 51.3 Å². The molecule has 0 radical (unpaired) electrons. The van der Waals surface area contributed by atoms with E-state index in [-0.39, 0.29) is 18.1 Å². The third-order valence-corrected chi connectivity index (χ3v) is 3.93. The summed E-state index contributed by atoms with van der Waals surface area (Å²) in [7, 11) is 1.62. The Kier molecular flexibility index (Phi) is 4.65. The van der Waals surface area contributed by atoms with Gasteiger partial charge in [-0.05, 0) is 26.2 Å². The first kappa shape index (κ1) is 14.8. The number of hydrogen-bond acceptors (Lipinski definition) is 4. The van der Waals surface area contributed by atoms with E-state index in [0.29, 0.717) is 6.04 Å². The van der Waals surface area contributed by atoms with Crippen molar-refractivity contribution in [1.82, 2.24) is 15.1 Å². The standard InChI is InChI=1S/C14H24N4O2/c1-4-14(2)7-11(5-6-20-14)17-12-8-16-18(9-12)10-13(19)15-3/h8-9,11,17H,4-7,10H2,1-3H3,(H,15,19). The highest BCUT2D eigenvalue weighted by atomic mass is 16.5. The summed E-state index contributed by atoms with van der Waals surface area (Å²) in [4.78, 5) is 11.3. The average Bonchev–Trinajstić information content (AvgIpc) is 2.86. The Hall–Kier alpha value is -1.56. The maximum Gasteiger partial charge on any atom is 0.241 e. The molecule has 20 heavy (non-hydrogen) atoms. The van der Waals surface area contributed by atoms with Crippen molar-refractivity contribution in [3.05, 3.63) is 12.4 Å². The number of hydrogen-bond donors (Lipinski definition) is 2. The summed E-state index contributed by atoms with van der Waals surface area (Å²) in [6.07, 6.45) is 6.64. The maximum absolute atomic E-state index is 11.3. The molecule has 1 aliphatic rings. The molecule has 2 heterocycles. The van der Waals surface area contributed by atoms with Crippen LogP contribution < -0.4 is 10.6 Å². The monoisotopic (exact) mass is 280 g/mol. The molecule has 2 N–H and O–H groups in total. The molecule has 2 atom stereocenters. The molecule has 0 aliphatic carbocycles. The molecule has 2 unspecified atom stereocenters. The number of rotatable bonds is 5. The van der Waals surface area contributed by atoms with Gasteiger partial charge in [0.15, 0.2) is 0 Å². The van der Waals surface area contributed by atoms with Gasteiger partial charge in [0.1, 0.15) is 6.54 Å². The van der Waals surface area contributed by atoms with Gasteiger partial charge in [0.2, 0.25) is 5.91 Å². The molecule has 1 fully saturated rings. The minimum Gasteiger partial charge on any atom is -0.380 e. The molecule has 0 aromatic carbocycles. The molecular weight excluding hydrogens is 256 g/mol. The summed E-state index contributed by atoms with van der Waals surface area (Å²) < 4.78 is 7.48. The number of carbonyl (C=O) groups excluding carboxylic acids is 1. The number of amides is 1. The fraction of sp³-hybridized carbons (Fsp3) is 0.714. The first-order valence-electron chi connectivity index (χ1n) is 7.18. The smallest absolute Gasteiger partial charge is 0.241 e. The van der Waals surface area contributed by atoms with Crippen molar-refractivity contribution in [2.24, 2.45) is 0 Å². The van der Waals surface area contributed by atoms with Crippen molar-refractivity contribution in [2.75, 3.05) is 19.0 Å². The third kappa shape index (κ3) is 3.72. The zero-order chi connectivity index (χ0) is 14.6. The van der Waals surface area contributed by atoms with Crippen LogP contribution in [-0.4, -0.2) is 41.0 Å². The highest BCUT2D eigenvalue weighted by Gasteiger charge is 2.31. The lowest BCUT2D eigenvalue weighted by Crippen LogP contribution is -2.41. The van der Waals surface area contributed by atoms with E-state index in [1.54, 1.807) is 17.9 Å². The second-order valence-electron chi connectivity index (χ2n) is 5.59. The molecule has 1 aliphatic heterocycles. The predicted molar refractivity (Wildman–Crippen MR) is 77.6 cm³/mol. The molecule has 1 aromatic heterocycles. The van der Waals surface area contributed by atoms with E-state index >= 15 is 0 Å². The van der Waals surface area contributed by atoms with E-state index < -0.39 is 0 Å². The number of aromatic nitrogens is 2. The molecule has 1 saturated heterocycles. The third-order valence-electron chi connectivity index (χ3n) is 3.93. The van der Waals surface area contributed by atoms with Crippen LogP contribution in [0.1, 0.15) is 33.1 Å². The van der Waals surface area contributed by atoms with Crippen LogP contribution in [0.25, 0.3) is 0 Å². The van der Waals surface area contributed by atoms with Gasteiger partial charge in [0, 0.05) is 25.9 Å². The Morgan fingerprint density at radius 2 is 2.45 bits per heavy atom. The molecule has 6 heteroatoms. The summed E-state index contributed by atoms with van der Waals surface area (Å²) >= 11 is 0. The summed E-state index contributed by atoms with van der Waals surface area (Å²) in [5.74, 6) is -0.0516. The zero-order valence-electron chi connectivity index (χ0n) is 12.5. The molecule has 112 valence electrons. The van der Waals surface area contributed by atoms with Crippen LogP contribution in [0.5, 0.6) is 0 Å². The summed E-state index contributed by atoms with van der Waals surface area (Å²) in [6, 6.07) is 0.395. The van der Waals surface area contributed by atoms with Gasteiger partial charge in [-0.1, -0.05) is 6.92 Å². The van der Waals surface area contributed by atoms with E-state index in [1.807, 2.05) is 6.20 Å². The van der Waals surface area contributed by atoms with Crippen LogP contribution in [0, 0.1) is 0 Å². The Morgan fingerprint density at radius 1 is 1.65 bits per heavy atom. The van der Waals surface area contributed by atoms with Gasteiger partial charge in [-0.3, -0.25) is 9.48 Å². The predicted octanol–water partition coefficient (Wildman–Crippen LogP) is 1.39. The van der Waals surface area contributed by atoms with Crippen LogP contribution in [0.4, 0.5) is 5.69 Å². The zero-order valence-corrected chi connectivity index (χ0v) is 12.5. The van der Waals surface area contributed by atoms with Crippen LogP contribution in [0.3, 0.4) is 0 Å². The first-order chi connectivity index (χ1) is 9.54. The van der Waals surface area contributed by atoms with E-state index in [4.69, 9.17) is 4.74 Å². The average molecular weight is 280 g/mol. The SMILES string of the molecule is CCC1(C)CC(Nc2cnn(CC(=O)NC)c2)CCO1. The van der Waals surface area contributed by atoms with Crippen molar-refractivity contribution < 1.29 is 9.53 Å². The van der Waals surface area contributed by atoms with Crippen molar-refractivity contribution in [3.8, 4) is 0 Å². The van der Waals surface area contributed by atoms with E-state index in [9.17, 15) is 4.79 Å². The van der Waals surface area contributed by atoms with E-state index in [0.717, 1.165) is 31.6 Å². The summed E-state index contributed by atoms with van der Waals surface area (Å²) in [6.45, 7) is 5.35. The number of nitrogens with one attached hydrogen (secondary N) is 2. The Morgan fingerprint density at radius 3 is 3.15 bits per heavy atom. The molecule has 0 spiro atoms. The van der Waals surface area contributed by atoms with Crippen molar-refractivity contribution >= 4 is 11.6 Å². The Labute approximate surface area is 119 Å². The first-order valence-corrected chi connectivity index (χ1v) is 7.18. The van der Waals surface area contributed by atoms with Gasteiger partial charge in [-0.2, -0.15) is 5.10 Å². The molecule has 0 bridgehead atoms. The highest BCUT2D eigenvalue weighted by Crippen LogP contribution is 2.29. The van der Waals surface area contributed by atoms with Crippen molar-refractivity contribution in [3.63, 3.8) is 0 Å². The summed E-state index contributed by atoms with van der Waals surface area (Å²) in [5, 5.41) is 10.3. The van der Waals surface area contributed by atoms with Gasteiger partial charge < -0.3 is 15.4 Å². The Balaban J connectivity index is 1.91. The van der Waals surface area contributed by atoms with Crippen LogP contribution >= 0.6 is 0 Å². The highest BCUT2D eigenvalue weighted by molar-refractivity contribution is 5.75. The minimum atomic E-state index is -0.0516. The largest absolute Gasteiger partial charge is 0.380 e. The number of likely N-dealkylation sites (N-methyl/N-ethyl adjacent to an activating group) is 1. The molecule has 1 amide bonds. The number of anilines is 1. The lowest BCUT2D eigenvalue weighted by molar-refractivity contribution is -0.121. The maximum atomic E-state index is 11.3. The normalized spacial score (nSPS) is 26.2. The summed E-state index contributed by atoms with van der Waals surface area (Å²) in [5.41, 5.74) is 0.924. The minimum absolute atomic E-state index is 0.0337. The second-order valence-corrected chi connectivity index (χ2v) is 5.59.